The monoisotopic (exact) mass is 390 g/mol. The van der Waals surface area contributed by atoms with E-state index in [0.717, 1.165) is 48.9 Å². The fourth-order valence-corrected chi connectivity index (χ4v) is 5.61. The van der Waals surface area contributed by atoms with Crippen molar-refractivity contribution in [3.63, 3.8) is 0 Å². The van der Waals surface area contributed by atoms with Crippen LogP contribution in [0.4, 0.5) is 0 Å². The Hall–Kier alpha value is -2.16. The van der Waals surface area contributed by atoms with E-state index < -0.39 is 0 Å². The molecule has 2 unspecified atom stereocenters. The molecule has 0 bridgehead atoms. The van der Waals surface area contributed by atoms with E-state index in [0.29, 0.717) is 17.5 Å². The van der Waals surface area contributed by atoms with Gasteiger partial charge in [0.15, 0.2) is 0 Å². The van der Waals surface area contributed by atoms with Crippen LogP contribution in [-0.4, -0.2) is 47.0 Å². The third-order valence-corrected chi connectivity index (χ3v) is 7.10. The summed E-state index contributed by atoms with van der Waals surface area (Å²) in [7, 11) is 0. The van der Waals surface area contributed by atoms with Gasteiger partial charge < -0.3 is 4.74 Å². The van der Waals surface area contributed by atoms with Gasteiger partial charge in [0.25, 0.3) is 0 Å². The molecule has 2 aromatic rings. The van der Waals surface area contributed by atoms with Crippen LogP contribution >= 0.6 is 0 Å². The first-order valence-corrected chi connectivity index (χ1v) is 11.1. The quantitative estimate of drug-likeness (QED) is 0.784. The highest BCUT2D eigenvalue weighted by Crippen LogP contribution is 2.64. The molecule has 2 atom stereocenters. The van der Waals surface area contributed by atoms with Crippen LogP contribution in [0.2, 0.25) is 0 Å². The Morgan fingerprint density at radius 2 is 1.86 bits per heavy atom. The number of benzene rings is 1. The van der Waals surface area contributed by atoms with Gasteiger partial charge in [-0.25, -0.2) is 0 Å². The lowest BCUT2D eigenvalue weighted by atomic mass is 10.0. The first-order chi connectivity index (χ1) is 14.2. The first-order valence-electron chi connectivity index (χ1n) is 11.1. The average molecular weight is 391 g/mol. The molecule has 3 aliphatic rings. The number of ether oxygens (including phenoxy) is 1. The Bertz CT molecular complexity index is 890. The van der Waals surface area contributed by atoms with E-state index in [9.17, 15) is 0 Å². The van der Waals surface area contributed by atoms with Crippen molar-refractivity contribution in [3.05, 3.63) is 41.6 Å². The standard InChI is InChI=1S/C24H30N4O/c1-16(2)28-23(14-22(26-28)18-6-4-17(15-25)5-7-18)24-20-12-19(13-21(20)24)27-8-3-10-29-11-9-27/h4-7,14,16,19-21,24H,3,8-13H2,1-2H3. The maximum Gasteiger partial charge on any atom is 0.0991 e. The summed E-state index contributed by atoms with van der Waals surface area (Å²) in [4.78, 5) is 2.68. The lowest BCUT2D eigenvalue weighted by Gasteiger charge is -2.28. The Morgan fingerprint density at radius 1 is 1.10 bits per heavy atom. The molecule has 152 valence electrons. The molecule has 0 radical (unpaired) electrons. The van der Waals surface area contributed by atoms with Gasteiger partial charge in [0, 0.05) is 49.0 Å². The number of nitriles is 1. The SMILES string of the molecule is CC(C)n1nc(-c2ccc(C#N)cc2)cc1C1C2CC(N3CCCOCC3)CC21. The Kier molecular flexibility index (Phi) is 4.93. The van der Waals surface area contributed by atoms with E-state index in [2.05, 4.69) is 35.6 Å². The molecule has 0 amide bonds. The summed E-state index contributed by atoms with van der Waals surface area (Å²) in [6, 6.07) is 13.4. The molecule has 5 heteroatoms. The Morgan fingerprint density at radius 3 is 2.55 bits per heavy atom. The maximum absolute atomic E-state index is 9.04. The third-order valence-electron chi connectivity index (χ3n) is 7.10. The second-order valence-corrected chi connectivity index (χ2v) is 9.16. The molecule has 3 fully saturated rings. The highest BCUT2D eigenvalue weighted by atomic mass is 16.5. The number of fused-ring (bicyclic) bond motifs is 1. The molecule has 1 aromatic heterocycles. The van der Waals surface area contributed by atoms with Crippen LogP contribution < -0.4 is 0 Å². The average Bonchev–Trinajstić information content (AvgIpc) is 3.07. The number of aromatic nitrogens is 2. The normalized spacial score (nSPS) is 29.4. The second-order valence-electron chi connectivity index (χ2n) is 9.16. The lowest BCUT2D eigenvalue weighted by molar-refractivity contribution is 0.129. The van der Waals surface area contributed by atoms with Crippen LogP contribution in [0.5, 0.6) is 0 Å². The zero-order valence-corrected chi connectivity index (χ0v) is 17.4. The minimum absolute atomic E-state index is 0.358. The number of hydrogen-bond donors (Lipinski definition) is 0. The highest BCUT2D eigenvalue weighted by Gasteiger charge is 2.58. The van der Waals surface area contributed by atoms with Gasteiger partial charge in [0.05, 0.1) is 23.9 Å². The van der Waals surface area contributed by atoms with Crippen molar-refractivity contribution in [1.82, 2.24) is 14.7 Å². The fourth-order valence-electron chi connectivity index (χ4n) is 5.61. The molecule has 5 nitrogen and oxygen atoms in total. The second kappa shape index (κ2) is 7.59. The van der Waals surface area contributed by atoms with Crippen molar-refractivity contribution in [2.45, 2.75) is 51.1 Å². The maximum atomic E-state index is 9.04. The van der Waals surface area contributed by atoms with E-state index in [-0.39, 0.29) is 0 Å². The summed E-state index contributed by atoms with van der Waals surface area (Å²) in [5.41, 5.74) is 4.23. The van der Waals surface area contributed by atoms with Crippen molar-refractivity contribution < 1.29 is 4.74 Å². The summed E-state index contributed by atoms with van der Waals surface area (Å²) in [6.07, 6.45) is 3.82. The largest absolute Gasteiger partial charge is 0.380 e. The van der Waals surface area contributed by atoms with E-state index in [1.807, 2.05) is 24.3 Å². The van der Waals surface area contributed by atoms with Crippen molar-refractivity contribution in [2.75, 3.05) is 26.3 Å². The summed E-state index contributed by atoms with van der Waals surface area (Å²) < 4.78 is 7.88. The predicted molar refractivity (Wildman–Crippen MR) is 113 cm³/mol. The van der Waals surface area contributed by atoms with E-state index in [4.69, 9.17) is 15.1 Å². The summed E-state index contributed by atoms with van der Waals surface area (Å²) >= 11 is 0. The van der Waals surface area contributed by atoms with Gasteiger partial charge in [-0.05, 0) is 63.1 Å². The Balaban J connectivity index is 1.33. The van der Waals surface area contributed by atoms with Crippen LogP contribution in [0, 0.1) is 23.2 Å². The number of rotatable bonds is 4. The molecule has 1 aromatic carbocycles. The van der Waals surface area contributed by atoms with E-state index in [1.165, 1.54) is 31.5 Å². The van der Waals surface area contributed by atoms with Gasteiger partial charge in [-0.15, -0.1) is 0 Å². The van der Waals surface area contributed by atoms with Crippen LogP contribution in [0.15, 0.2) is 30.3 Å². The van der Waals surface area contributed by atoms with Crippen LogP contribution in [-0.2, 0) is 4.74 Å². The molecular formula is C24H30N4O. The summed E-state index contributed by atoms with van der Waals surface area (Å²) in [6.45, 7) is 8.55. The van der Waals surface area contributed by atoms with Gasteiger partial charge >= 0.3 is 0 Å². The van der Waals surface area contributed by atoms with Crippen molar-refractivity contribution in [1.29, 1.82) is 5.26 Å². The topological polar surface area (TPSA) is 54.1 Å². The van der Waals surface area contributed by atoms with Gasteiger partial charge in [-0.3, -0.25) is 9.58 Å². The van der Waals surface area contributed by atoms with E-state index >= 15 is 0 Å². The molecule has 2 saturated carbocycles. The molecule has 0 spiro atoms. The zero-order chi connectivity index (χ0) is 20.0. The smallest absolute Gasteiger partial charge is 0.0991 e. The molecule has 2 aliphatic carbocycles. The number of nitrogens with zero attached hydrogens (tertiary/aromatic N) is 4. The summed E-state index contributed by atoms with van der Waals surface area (Å²) in [5.74, 6) is 2.29. The van der Waals surface area contributed by atoms with Crippen LogP contribution in [0.3, 0.4) is 0 Å². The van der Waals surface area contributed by atoms with Crippen molar-refractivity contribution >= 4 is 0 Å². The number of hydrogen-bond acceptors (Lipinski definition) is 4. The molecule has 29 heavy (non-hydrogen) atoms. The van der Waals surface area contributed by atoms with Crippen LogP contribution in [0.1, 0.15) is 56.3 Å². The fraction of sp³-hybridized carbons (Fsp3) is 0.583. The van der Waals surface area contributed by atoms with E-state index in [1.54, 1.807) is 0 Å². The Labute approximate surface area is 173 Å². The van der Waals surface area contributed by atoms with Gasteiger partial charge in [0.1, 0.15) is 0 Å². The highest BCUT2D eigenvalue weighted by molar-refractivity contribution is 5.61. The molecule has 1 saturated heterocycles. The molecule has 0 N–H and O–H groups in total. The van der Waals surface area contributed by atoms with Crippen molar-refractivity contribution in [3.8, 4) is 17.3 Å². The minimum atomic E-state index is 0.358. The zero-order valence-electron chi connectivity index (χ0n) is 17.4. The third kappa shape index (κ3) is 3.49. The predicted octanol–water partition coefficient (Wildman–Crippen LogP) is 4.22. The molecule has 1 aliphatic heterocycles. The molecule has 5 rings (SSSR count). The summed E-state index contributed by atoms with van der Waals surface area (Å²) in [5, 5.41) is 14.0. The molecular weight excluding hydrogens is 360 g/mol. The molecule has 2 heterocycles. The van der Waals surface area contributed by atoms with Gasteiger partial charge in [-0.1, -0.05) is 12.1 Å². The van der Waals surface area contributed by atoms with Crippen LogP contribution in [0.25, 0.3) is 11.3 Å². The van der Waals surface area contributed by atoms with Gasteiger partial charge in [-0.2, -0.15) is 10.4 Å². The first kappa shape index (κ1) is 18.8. The van der Waals surface area contributed by atoms with Crippen molar-refractivity contribution in [2.24, 2.45) is 11.8 Å². The van der Waals surface area contributed by atoms with Gasteiger partial charge in [0.2, 0.25) is 0 Å². The minimum Gasteiger partial charge on any atom is -0.380 e. The lowest BCUT2D eigenvalue weighted by Crippen LogP contribution is -2.36.